The molecule has 0 radical (unpaired) electrons. The van der Waals surface area contributed by atoms with E-state index in [0.717, 1.165) is 17.1 Å². The van der Waals surface area contributed by atoms with Gasteiger partial charge in [0, 0.05) is 16.9 Å². The van der Waals surface area contributed by atoms with Crippen LogP contribution in [-0.2, 0) is 5.41 Å². The molecule has 0 aromatic heterocycles. The van der Waals surface area contributed by atoms with Gasteiger partial charge in [-0.2, -0.15) is 0 Å². The molecule has 2 aliphatic rings. The Bertz CT molecular complexity index is 3590. The van der Waals surface area contributed by atoms with Crippen molar-refractivity contribution in [3.8, 4) is 66.8 Å². The molecule has 1 spiro atoms. The summed E-state index contributed by atoms with van der Waals surface area (Å²) in [6.45, 7) is 0. The average Bonchev–Trinajstić information content (AvgIpc) is 3.86. The van der Waals surface area contributed by atoms with Crippen LogP contribution >= 0.6 is 0 Å². The van der Waals surface area contributed by atoms with E-state index in [1.54, 1.807) is 0 Å². The zero-order chi connectivity index (χ0) is 43.6. The fraction of sp³-hybridized carbons (Fsp3) is 0.0154. The van der Waals surface area contributed by atoms with Crippen molar-refractivity contribution in [3.05, 3.63) is 283 Å². The third kappa shape index (κ3) is 5.80. The predicted molar refractivity (Wildman–Crippen MR) is 277 cm³/mol. The van der Waals surface area contributed by atoms with Gasteiger partial charge in [0.15, 0.2) is 0 Å². The Balaban J connectivity index is 1.07. The van der Waals surface area contributed by atoms with Gasteiger partial charge < -0.3 is 4.90 Å². The maximum atomic E-state index is 2.50. The van der Waals surface area contributed by atoms with E-state index < -0.39 is 5.41 Å². The highest BCUT2D eigenvalue weighted by Crippen LogP contribution is 2.63. The number of benzene rings is 11. The monoisotopic (exact) mass is 837 g/mol. The van der Waals surface area contributed by atoms with Gasteiger partial charge in [0.2, 0.25) is 0 Å². The third-order valence-corrected chi connectivity index (χ3v) is 14.1. The summed E-state index contributed by atoms with van der Waals surface area (Å²) in [5.74, 6) is 0. The molecule has 66 heavy (non-hydrogen) atoms. The second-order valence-electron chi connectivity index (χ2n) is 17.5. The Morgan fingerprint density at radius 2 is 0.712 bits per heavy atom. The minimum Gasteiger partial charge on any atom is -0.310 e. The number of rotatable bonds is 7. The fourth-order valence-corrected chi connectivity index (χ4v) is 11.3. The second kappa shape index (κ2) is 15.3. The van der Waals surface area contributed by atoms with E-state index >= 15 is 0 Å². The molecule has 0 saturated heterocycles. The zero-order valence-electron chi connectivity index (χ0n) is 36.3. The largest absolute Gasteiger partial charge is 0.310 e. The first kappa shape index (κ1) is 38.0. The van der Waals surface area contributed by atoms with E-state index in [-0.39, 0.29) is 0 Å². The van der Waals surface area contributed by atoms with E-state index in [1.807, 2.05) is 0 Å². The van der Waals surface area contributed by atoms with Crippen LogP contribution in [0.1, 0.15) is 22.3 Å². The summed E-state index contributed by atoms with van der Waals surface area (Å²) in [5.41, 5.74) is 22.9. The molecule has 0 N–H and O–H groups in total. The van der Waals surface area contributed by atoms with E-state index in [2.05, 4.69) is 266 Å². The summed E-state index contributed by atoms with van der Waals surface area (Å²) in [7, 11) is 0. The zero-order valence-corrected chi connectivity index (χ0v) is 36.3. The van der Waals surface area contributed by atoms with Crippen LogP contribution in [0.15, 0.2) is 261 Å². The van der Waals surface area contributed by atoms with E-state index in [0.29, 0.717) is 0 Å². The molecule has 308 valence electrons. The first-order valence-corrected chi connectivity index (χ1v) is 22.9. The van der Waals surface area contributed by atoms with E-state index in [4.69, 9.17) is 0 Å². The normalized spacial score (nSPS) is 12.7. The first-order valence-electron chi connectivity index (χ1n) is 22.9. The fourth-order valence-electron chi connectivity index (χ4n) is 11.3. The predicted octanol–water partition coefficient (Wildman–Crippen LogP) is 17.3. The lowest BCUT2D eigenvalue weighted by Crippen LogP contribution is -2.25. The second-order valence-corrected chi connectivity index (χ2v) is 17.5. The highest BCUT2D eigenvalue weighted by molar-refractivity contribution is 6.03. The molecular formula is C65H43N. The summed E-state index contributed by atoms with van der Waals surface area (Å²) in [5, 5.41) is 2.49. The van der Waals surface area contributed by atoms with Gasteiger partial charge >= 0.3 is 0 Å². The molecule has 11 aromatic carbocycles. The van der Waals surface area contributed by atoms with Gasteiger partial charge in [-0.3, -0.25) is 0 Å². The van der Waals surface area contributed by atoms with Gasteiger partial charge in [-0.1, -0.05) is 224 Å². The molecule has 0 aliphatic heterocycles. The van der Waals surface area contributed by atoms with Crippen LogP contribution in [-0.4, -0.2) is 0 Å². The van der Waals surface area contributed by atoms with Crippen LogP contribution < -0.4 is 4.90 Å². The molecule has 2 aliphatic carbocycles. The minimum absolute atomic E-state index is 0.420. The number of fused-ring (bicyclic) bond motifs is 11. The van der Waals surface area contributed by atoms with Crippen LogP contribution in [0.3, 0.4) is 0 Å². The van der Waals surface area contributed by atoms with Crippen molar-refractivity contribution in [2.24, 2.45) is 0 Å². The van der Waals surface area contributed by atoms with E-state index in [9.17, 15) is 0 Å². The molecule has 1 nitrogen and oxygen atoms in total. The Hall–Kier alpha value is -8.52. The molecule has 0 amide bonds. The van der Waals surface area contributed by atoms with Crippen LogP contribution in [0.4, 0.5) is 17.1 Å². The molecule has 11 aromatic rings. The summed E-state index contributed by atoms with van der Waals surface area (Å²) >= 11 is 0. The topological polar surface area (TPSA) is 3.24 Å². The van der Waals surface area contributed by atoms with Gasteiger partial charge in [-0.25, -0.2) is 0 Å². The van der Waals surface area contributed by atoms with E-state index in [1.165, 1.54) is 99.8 Å². The molecule has 1 heteroatoms. The molecule has 0 heterocycles. The Kier molecular flexibility index (Phi) is 8.82. The van der Waals surface area contributed by atoms with Crippen molar-refractivity contribution < 1.29 is 0 Å². The van der Waals surface area contributed by atoms with Crippen molar-refractivity contribution in [2.45, 2.75) is 5.41 Å². The summed E-state index contributed by atoms with van der Waals surface area (Å²) in [6, 6.07) is 96.4. The molecule has 0 bridgehead atoms. The van der Waals surface area contributed by atoms with Gasteiger partial charge in [-0.15, -0.1) is 0 Å². The van der Waals surface area contributed by atoms with Gasteiger partial charge in [0.05, 0.1) is 11.1 Å². The molecule has 0 saturated carbocycles. The highest BCUT2D eigenvalue weighted by Gasteiger charge is 2.51. The number of nitrogens with zero attached hydrogens (tertiary/aromatic N) is 1. The van der Waals surface area contributed by atoms with Gasteiger partial charge in [-0.05, 0) is 131 Å². The molecule has 0 unspecified atom stereocenters. The summed E-state index contributed by atoms with van der Waals surface area (Å²) < 4.78 is 0. The SMILES string of the molecule is c1ccc(-c2ccccc2-c2c(-c3ccccc3)cccc2N(c2ccc(-c3ccc4ccccc4c3)cc2)c2ccc3c(c2)-c2ccccc2C32c3ccccc3-c3ccccc32)cc1. The molecule has 0 fully saturated rings. The van der Waals surface area contributed by atoms with Crippen LogP contribution in [0.5, 0.6) is 0 Å². The Morgan fingerprint density at radius 3 is 1.36 bits per heavy atom. The van der Waals surface area contributed by atoms with Crippen molar-refractivity contribution in [3.63, 3.8) is 0 Å². The molecule has 13 rings (SSSR count). The maximum Gasteiger partial charge on any atom is 0.0725 e. The van der Waals surface area contributed by atoms with Crippen molar-refractivity contribution in [2.75, 3.05) is 4.90 Å². The van der Waals surface area contributed by atoms with Crippen LogP contribution in [0.2, 0.25) is 0 Å². The maximum absolute atomic E-state index is 2.50. The van der Waals surface area contributed by atoms with Crippen molar-refractivity contribution >= 4 is 27.8 Å². The highest BCUT2D eigenvalue weighted by atomic mass is 15.1. The Morgan fingerprint density at radius 1 is 0.242 bits per heavy atom. The quantitative estimate of drug-likeness (QED) is 0.155. The number of hydrogen-bond donors (Lipinski definition) is 0. The summed E-state index contributed by atoms with van der Waals surface area (Å²) in [6.07, 6.45) is 0. The van der Waals surface area contributed by atoms with Crippen LogP contribution in [0.25, 0.3) is 77.5 Å². The van der Waals surface area contributed by atoms with Gasteiger partial charge in [0.25, 0.3) is 0 Å². The summed E-state index contributed by atoms with van der Waals surface area (Å²) in [4.78, 5) is 2.50. The van der Waals surface area contributed by atoms with Crippen molar-refractivity contribution in [1.29, 1.82) is 0 Å². The lowest BCUT2D eigenvalue weighted by molar-refractivity contribution is 0.794. The number of hydrogen-bond acceptors (Lipinski definition) is 1. The van der Waals surface area contributed by atoms with Crippen molar-refractivity contribution in [1.82, 2.24) is 0 Å². The molecular weight excluding hydrogens is 795 g/mol. The Labute approximate surface area is 386 Å². The lowest BCUT2D eigenvalue weighted by Gasteiger charge is -2.32. The lowest BCUT2D eigenvalue weighted by atomic mass is 9.70. The third-order valence-electron chi connectivity index (χ3n) is 14.1. The first-order chi connectivity index (χ1) is 32.8. The molecule has 0 atom stereocenters. The van der Waals surface area contributed by atoms with Crippen LogP contribution in [0, 0.1) is 0 Å². The average molecular weight is 838 g/mol. The smallest absolute Gasteiger partial charge is 0.0725 e. The standard InChI is InChI=1S/C65H43N/c1-3-19-46(20-4-1)52-24-9-10-28-57(52)64-53(47-21-5-2-6-22-47)29-17-33-63(64)66(50-38-36-45(37-39-50)49-35-34-44-18-7-8-23-48(44)42-49)51-40-41-62-58(43-51)56-27-13-16-32-61(56)65(62)59-30-14-11-25-54(59)55-26-12-15-31-60(55)65/h1-43H. The number of anilines is 3. The van der Waals surface area contributed by atoms with Gasteiger partial charge in [0.1, 0.15) is 0 Å². The minimum atomic E-state index is -0.420.